The third-order valence-electron chi connectivity index (χ3n) is 3.17. The molecule has 0 saturated carbocycles. The first-order valence-electron chi connectivity index (χ1n) is 6.29. The molecule has 118 valence electrons. The zero-order chi connectivity index (χ0) is 15.7. The Bertz CT molecular complexity index is 669. The van der Waals surface area contributed by atoms with E-state index in [0.717, 1.165) is 0 Å². The molecule has 1 heterocycles. The Morgan fingerprint density at radius 3 is 2.81 bits per heavy atom. The number of hydrogen-bond acceptors (Lipinski definition) is 4. The molecule has 0 amide bonds. The van der Waals surface area contributed by atoms with Gasteiger partial charge in [0.05, 0.1) is 17.9 Å². The molecule has 6 nitrogen and oxygen atoms in total. The Labute approximate surface area is 118 Å². The van der Waals surface area contributed by atoms with Crippen LogP contribution in [0.3, 0.4) is 0 Å². The van der Waals surface area contributed by atoms with Crippen molar-refractivity contribution in [3.05, 3.63) is 27.7 Å². The number of fused-ring (bicyclic) bond motifs is 1. The lowest BCUT2D eigenvalue weighted by molar-refractivity contribution is -0.130. The van der Waals surface area contributed by atoms with E-state index in [1.807, 2.05) is 0 Å². The summed E-state index contributed by atoms with van der Waals surface area (Å²) in [7, 11) is -4.00. The molecule has 1 unspecified atom stereocenters. The largest absolute Gasteiger partial charge is 0.390 e. The topological polar surface area (TPSA) is 91.9 Å². The van der Waals surface area contributed by atoms with Gasteiger partial charge in [-0.1, -0.05) is 0 Å². The number of nitrogens with zero attached hydrogens (tertiary/aromatic N) is 1. The Hall–Kier alpha value is -1.42. The van der Waals surface area contributed by atoms with Crippen LogP contribution in [0, 0.1) is 0 Å². The molecule has 0 fully saturated rings. The lowest BCUT2D eigenvalue weighted by atomic mass is 9.93. The number of aromatic amines is 1. The van der Waals surface area contributed by atoms with Crippen molar-refractivity contribution in [1.82, 2.24) is 14.9 Å². The smallest absolute Gasteiger partial charge is 0.268 e. The first-order valence-corrected chi connectivity index (χ1v) is 7.94. The summed E-state index contributed by atoms with van der Waals surface area (Å²) in [4.78, 5) is 11.2. The first kappa shape index (κ1) is 16.0. The molecule has 2 N–H and O–H groups in total. The van der Waals surface area contributed by atoms with Crippen LogP contribution >= 0.6 is 0 Å². The van der Waals surface area contributed by atoms with E-state index in [2.05, 4.69) is 14.9 Å². The molecule has 0 spiro atoms. The molecular weight excluding hydrogens is 311 g/mol. The molecule has 0 saturated heterocycles. The van der Waals surface area contributed by atoms with E-state index < -0.39 is 40.0 Å². The van der Waals surface area contributed by atoms with Crippen LogP contribution in [0.25, 0.3) is 0 Å². The third kappa shape index (κ3) is 4.81. The number of alkyl halides is 3. The van der Waals surface area contributed by atoms with Crippen molar-refractivity contribution in [2.45, 2.75) is 37.9 Å². The Morgan fingerprint density at radius 1 is 1.43 bits per heavy atom. The highest BCUT2D eigenvalue weighted by Crippen LogP contribution is 2.21. The number of aromatic nitrogens is 2. The van der Waals surface area contributed by atoms with Gasteiger partial charge in [0, 0.05) is 12.1 Å². The summed E-state index contributed by atoms with van der Waals surface area (Å²) < 4.78 is 61.7. The Kier molecular flexibility index (Phi) is 4.38. The van der Waals surface area contributed by atoms with E-state index in [1.54, 1.807) is 0 Å². The van der Waals surface area contributed by atoms with Crippen LogP contribution in [-0.2, 0) is 22.9 Å². The fourth-order valence-corrected chi connectivity index (χ4v) is 3.53. The molecule has 10 heteroatoms. The minimum Gasteiger partial charge on any atom is -0.268 e. The maximum absolute atomic E-state index is 12.1. The summed E-state index contributed by atoms with van der Waals surface area (Å²) in [6, 6.07) is 0.817. The van der Waals surface area contributed by atoms with Gasteiger partial charge in [-0.25, -0.2) is 18.2 Å². The van der Waals surface area contributed by atoms with Crippen LogP contribution in [0.2, 0.25) is 0 Å². The molecule has 1 aliphatic carbocycles. The van der Waals surface area contributed by atoms with E-state index in [0.29, 0.717) is 24.1 Å². The average Bonchev–Trinajstić information content (AvgIpc) is 2.35. The average molecular weight is 325 g/mol. The van der Waals surface area contributed by atoms with Crippen molar-refractivity contribution >= 4 is 10.0 Å². The molecule has 1 aromatic heterocycles. The second-order valence-corrected chi connectivity index (χ2v) is 6.82. The molecule has 2 rings (SSSR count). The van der Waals surface area contributed by atoms with Gasteiger partial charge in [0.2, 0.25) is 10.0 Å². The molecule has 0 radical (unpaired) electrons. The minimum atomic E-state index is -4.51. The van der Waals surface area contributed by atoms with Crippen molar-refractivity contribution in [1.29, 1.82) is 0 Å². The second kappa shape index (κ2) is 5.76. The Balaban J connectivity index is 2.00. The van der Waals surface area contributed by atoms with Gasteiger partial charge in [-0.3, -0.25) is 4.79 Å². The normalized spacial score (nSPS) is 19.3. The number of aryl methyl sites for hydroxylation is 1. The number of nitrogens with one attached hydrogen (secondary N) is 2. The van der Waals surface area contributed by atoms with Crippen molar-refractivity contribution in [2.75, 3.05) is 5.75 Å². The quantitative estimate of drug-likeness (QED) is 0.843. The number of halogens is 3. The SMILES string of the molecule is O=c1cc2c(n[nH]1)CCC(NS(=O)(=O)CCC(F)(F)F)C2. The lowest BCUT2D eigenvalue weighted by Crippen LogP contribution is -2.41. The molecule has 0 bridgehead atoms. The molecule has 21 heavy (non-hydrogen) atoms. The molecule has 0 aromatic carbocycles. The monoisotopic (exact) mass is 325 g/mol. The van der Waals surface area contributed by atoms with Gasteiger partial charge in [0.25, 0.3) is 5.56 Å². The summed E-state index contributed by atoms with van der Waals surface area (Å²) in [5, 5.41) is 6.15. The number of H-pyrrole nitrogens is 1. The predicted octanol–water partition coefficient (Wildman–Crippen LogP) is 0.499. The van der Waals surface area contributed by atoms with Crippen molar-refractivity contribution in [3.8, 4) is 0 Å². The Morgan fingerprint density at radius 2 is 2.14 bits per heavy atom. The fraction of sp³-hybridized carbons (Fsp3) is 0.636. The molecular formula is C11H14F3N3O3S. The maximum atomic E-state index is 12.1. The van der Waals surface area contributed by atoms with Crippen LogP contribution in [0.15, 0.2) is 10.9 Å². The maximum Gasteiger partial charge on any atom is 0.390 e. The van der Waals surface area contributed by atoms with Crippen molar-refractivity contribution in [3.63, 3.8) is 0 Å². The van der Waals surface area contributed by atoms with Gasteiger partial charge in [0.15, 0.2) is 0 Å². The zero-order valence-corrected chi connectivity index (χ0v) is 11.7. The molecule has 1 aliphatic rings. The van der Waals surface area contributed by atoms with E-state index in [-0.39, 0.29) is 6.42 Å². The first-order chi connectivity index (χ1) is 9.65. The summed E-state index contributed by atoms with van der Waals surface area (Å²) in [5.41, 5.74) is 0.906. The summed E-state index contributed by atoms with van der Waals surface area (Å²) in [5.74, 6) is -0.993. The van der Waals surface area contributed by atoms with Crippen molar-refractivity contribution < 1.29 is 21.6 Å². The van der Waals surface area contributed by atoms with Gasteiger partial charge in [-0.2, -0.15) is 18.3 Å². The van der Waals surface area contributed by atoms with Gasteiger partial charge in [0.1, 0.15) is 0 Å². The summed E-state index contributed by atoms with van der Waals surface area (Å²) >= 11 is 0. The number of rotatable bonds is 4. The third-order valence-corrected chi connectivity index (χ3v) is 4.61. The second-order valence-electron chi connectivity index (χ2n) is 4.95. The number of sulfonamides is 1. The highest BCUT2D eigenvalue weighted by molar-refractivity contribution is 7.89. The molecule has 1 atom stereocenters. The molecule has 1 aromatic rings. The fourth-order valence-electron chi connectivity index (χ4n) is 2.20. The van der Waals surface area contributed by atoms with Crippen LogP contribution in [0.1, 0.15) is 24.1 Å². The highest BCUT2D eigenvalue weighted by atomic mass is 32.2. The van der Waals surface area contributed by atoms with Crippen LogP contribution in [0.5, 0.6) is 0 Å². The minimum absolute atomic E-state index is 0.248. The standard InChI is InChI=1S/C11H14F3N3O3S/c12-11(13,14)3-4-21(19,20)17-8-1-2-9-7(5-8)6-10(18)16-15-9/h6,8,17H,1-5H2,(H,16,18). The van der Waals surface area contributed by atoms with Gasteiger partial charge >= 0.3 is 6.18 Å². The number of hydrogen-bond donors (Lipinski definition) is 2. The van der Waals surface area contributed by atoms with Crippen LogP contribution < -0.4 is 10.3 Å². The van der Waals surface area contributed by atoms with Gasteiger partial charge in [-0.05, 0) is 24.8 Å². The van der Waals surface area contributed by atoms with E-state index >= 15 is 0 Å². The lowest BCUT2D eigenvalue weighted by Gasteiger charge is -2.24. The van der Waals surface area contributed by atoms with Gasteiger partial charge in [-0.15, -0.1) is 0 Å². The summed E-state index contributed by atoms with van der Waals surface area (Å²) in [6.07, 6.45) is -4.76. The zero-order valence-electron chi connectivity index (χ0n) is 10.9. The van der Waals surface area contributed by atoms with Crippen LogP contribution in [0.4, 0.5) is 13.2 Å². The van der Waals surface area contributed by atoms with E-state index in [4.69, 9.17) is 0 Å². The summed E-state index contributed by atoms with van der Waals surface area (Å²) in [6.45, 7) is 0. The van der Waals surface area contributed by atoms with Crippen molar-refractivity contribution in [2.24, 2.45) is 0 Å². The highest BCUT2D eigenvalue weighted by Gasteiger charge is 2.31. The molecule has 0 aliphatic heterocycles. The van der Waals surface area contributed by atoms with Crippen LogP contribution in [-0.4, -0.2) is 36.6 Å². The predicted molar refractivity (Wildman–Crippen MR) is 68.3 cm³/mol. The van der Waals surface area contributed by atoms with Gasteiger partial charge < -0.3 is 0 Å². The van der Waals surface area contributed by atoms with E-state index in [9.17, 15) is 26.4 Å². The van der Waals surface area contributed by atoms with E-state index in [1.165, 1.54) is 6.07 Å².